The van der Waals surface area contributed by atoms with E-state index in [2.05, 4.69) is 14.9 Å². The van der Waals surface area contributed by atoms with Crippen LogP contribution in [0.1, 0.15) is 12.0 Å². The van der Waals surface area contributed by atoms with Gasteiger partial charge >= 0.3 is 0 Å². The van der Waals surface area contributed by atoms with E-state index in [-0.39, 0.29) is 17.9 Å². The fraction of sp³-hybridized carbons (Fsp3) is 0.353. The van der Waals surface area contributed by atoms with Gasteiger partial charge in [-0.15, -0.1) is 0 Å². The van der Waals surface area contributed by atoms with Crippen LogP contribution < -0.4 is 4.90 Å². The van der Waals surface area contributed by atoms with Gasteiger partial charge in [0.2, 0.25) is 5.91 Å². The van der Waals surface area contributed by atoms with Crippen LogP contribution in [-0.2, 0) is 11.2 Å². The second kappa shape index (κ2) is 7.33. The van der Waals surface area contributed by atoms with Gasteiger partial charge in [-0.05, 0) is 12.5 Å². The average Bonchev–Trinajstić information content (AvgIpc) is 2.86. The number of hydrogen-bond acceptors (Lipinski definition) is 4. The minimum Gasteiger partial charge on any atom is -0.354 e. The van der Waals surface area contributed by atoms with Gasteiger partial charge in [-0.3, -0.25) is 9.78 Å². The molecule has 5 nitrogen and oxygen atoms in total. The third-order valence-corrected chi connectivity index (χ3v) is 4.10. The van der Waals surface area contributed by atoms with Gasteiger partial charge < -0.3 is 9.80 Å². The molecule has 1 aliphatic heterocycles. The number of nitrogens with zero attached hydrogens (tertiary/aromatic N) is 4. The lowest BCUT2D eigenvalue weighted by molar-refractivity contribution is -0.130. The molecule has 0 N–H and O–H groups in total. The van der Waals surface area contributed by atoms with Crippen LogP contribution in [0.2, 0.25) is 0 Å². The fourth-order valence-electron chi connectivity index (χ4n) is 2.81. The van der Waals surface area contributed by atoms with Gasteiger partial charge in [-0.2, -0.15) is 0 Å². The number of rotatable bonds is 3. The first-order valence-electron chi connectivity index (χ1n) is 7.87. The molecule has 0 saturated carbocycles. The van der Waals surface area contributed by atoms with Crippen molar-refractivity contribution in [2.24, 2.45) is 0 Å². The van der Waals surface area contributed by atoms with Gasteiger partial charge in [0.1, 0.15) is 5.82 Å². The molecule has 0 atom stereocenters. The zero-order valence-corrected chi connectivity index (χ0v) is 13.2. The molecule has 2 heterocycles. The van der Waals surface area contributed by atoms with Crippen molar-refractivity contribution in [1.29, 1.82) is 0 Å². The number of hydrogen-bond donors (Lipinski definition) is 0. The van der Waals surface area contributed by atoms with Gasteiger partial charge in [-0.25, -0.2) is 13.8 Å². The van der Waals surface area contributed by atoms with Crippen LogP contribution in [0.4, 0.5) is 14.6 Å². The smallest absolute Gasteiger partial charge is 0.227 e. The second-order valence-corrected chi connectivity index (χ2v) is 5.67. The Bertz CT molecular complexity index is 711. The Labute approximate surface area is 138 Å². The molecule has 1 aliphatic rings. The SMILES string of the molecule is O=C(Cc1cccc(F)c1F)N1CCCN(c2cnccn2)CC1. The van der Waals surface area contributed by atoms with E-state index in [9.17, 15) is 13.6 Å². The lowest BCUT2D eigenvalue weighted by Crippen LogP contribution is -2.36. The Kier molecular flexibility index (Phi) is 4.98. The zero-order chi connectivity index (χ0) is 16.9. The average molecular weight is 332 g/mol. The summed E-state index contributed by atoms with van der Waals surface area (Å²) in [5.74, 6) is -1.28. The van der Waals surface area contributed by atoms with Crippen molar-refractivity contribution in [2.45, 2.75) is 12.8 Å². The molecule has 1 amide bonds. The molecule has 3 rings (SSSR count). The number of carbonyl (C=O) groups excluding carboxylic acids is 1. The van der Waals surface area contributed by atoms with Crippen molar-refractivity contribution in [3.63, 3.8) is 0 Å². The molecular weight excluding hydrogens is 314 g/mol. The molecule has 1 fully saturated rings. The molecule has 1 aromatic heterocycles. The molecule has 0 aliphatic carbocycles. The van der Waals surface area contributed by atoms with Crippen molar-refractivity contribution < 1.29 is 13.6 Å². The van der Waals surface area contributed by atoms with Gasteiger partial charge in [0.15, 0.2) is 11.6 Å². The zero-order valence-electron chi connectivity index (χ0n) is 13.2. The Morgan fingerprint density at radius 2 is 2.00 bits per heavy atom. The van der Waals surface area contributed by atoms with Crippen LogP contribution in [0.25, 0.3) is 0 Å². The molecule has 24 heavy (non-hydrogen) atoms. The summed E-state index contributed by atoms with van der Waals surface area (Å²) in [6, 6.07) is 3.91. The quantitative estimate of drug-likeness (QED) is 0.863. The maximum Gasteiger partial charge on any atom is 0.227 e. The van der Waals surface area contributed by atoms with Gasteiger partial charge in [-0.1, -0.05) is 12.1 Å². The topological polar surface area (TPSA) is 49.3 Å². The highest BCUT2D eigenvalue weighted by Crippen LogP contribution is 2.15. The minimum absolute atomic E-state index is 0.0926. The monoisotopic (exact) mass is 332 g/mol. The maximum atomic E-state index is 13.7. The van der Waals surface area contributed by atoms with E-state index in [1.807, 2.05) is 0 Å². The third-order valence-electron chi connectivity index (χ3n) is 4.10. The number of anilines is 1. The van der Waals surface area contributed by atoms with Crippen LogP contribution in [0, 0.1) is 11.6 Å². The highest BCUT2D eigenvalue weighted by molar-refractivity contribution is 5.79. The summed E-state index contributed by atoms with van der Waals surface area (Å²) in [4.78, 5) is 24.5. The van der Waals surface area contributed by atoms with E-state index in [4.69, 9.17) is 0 Å². The summed E-state index contributed by atoms with van der Waals surface area (Å²) in [6.45, 7) is 2.52. The lowest BCUT2D eigenvalue weighted by Gasteiger charge is -2.22. The van der Waals surface area contributed by atoms with E-state index in [1.54, 1.807) is 23.5 Å². The molecular formula is C17H18F2N4O. The van der Waals surface area contributed by atoms with Crippen molar-refractivity contribution in [1.82, 2.24) is 14.9 Å². The Morgan fingerprint density at radius 3 is 2.79 bits per heavy atom. The summed E-state index contributed by atoms with van der Waals surface area (Å²) in [6.07, 6.45) is 5.60. The number of carbonyl (C=O) groups is 1. The molecule has 0 spiro atoms. The summed E-state index contributed by atoms with van der Waals surface area (Å²) in [5, 5.41) is 0. The van der Waals surface area contributed by atoms with Crippen LogP contribution in [0.5, 0.6) is 0 Å². The summed E-state index contributed by atoms with van der Waals surface area (Å²) < 4.78 is 27.0. The number of benzene rings is 1. The summed E-state index contributed by atoms with van der Waals surface area (Å²) >= 11 is 0. The normalized spacial score (nSPS) is 15.2. The standard InChI is InChI=1S/C17H18F2N4O/c18-14-4-1-3-13(17(14)19)11-16(24)23-8-2-7-22(9-10-23)15-12-20-5-6-21-15/h1,3-6,12H,2,7-11H2. The largest absolute Gasteiger partial charge is 0.354 e. The van der Waals surface area contributed by atoms with Gasteiger partial charge in [0, 0.05) is 44.1 Å². The highest BCUT2D eigenvalue weighted by Gasteiger charge is 2.21. The van der Waals surface area contributed by atoms with Gasteiger partial charge in [0.05, 0.1) is 12.6 Å². The van der Waals surface area contributed by atoms with Crippen molar-refractivity contribution in [3.05, 3.63) is 54.0 Å². The molecule has 1 saturated heterocycles. The van der Waals surface area contributed by atoms with Crippen LogP contribution >= 0.6 is 0 Å². The Morgan fingerprint density at radius 1 is 1.12 bits per heavy atom. The Balaban J connectivity index is 1.63. The summed E-state index contributed by atoms with van der Waals surface area (Å²) in [5.41, 5.74) is 0.0926. The molecule has 2 aromatic rings. The van der Waals surface area contributed by atoms with Gasteiger partial charge in [0.25, 0.3) is 0 Å². The minimum atomic E-state index is -0.943. The fourth-order valence-corrected chi connectivity index (χ4v) is 2.81. The maximum absolute atomic E-state index is 13.7. The highest BCUT2D eigenvalue weighted by atomic mass is 19.2. The van der Waals surface area contributed by atoms with Crippen LogP contribution in [0.15, 0.2) is 36.8 Å². The third kappa shape index (κ3) is 3.67. The predicted molar refractivity (Wildman–Crippen MR) is 85.5 cm³/mol. The molecule has 0 bridgehead atoms. The molecule has 0 unspecified atom stereocenters. The molecule has 0 radical (unpaired) electrons. The summed E-state index contributed by atoms with van der Waals surface area (Å²) in [7, 11) is 0. The van der Waals surface area contributed by atoms with E-state index in [1.165, 1.54) is 12.1 Å². The number of amides is 1. The second-order valence-electron chi connectivity index (χ2n) is 5.67. The van der Waals surface area contributed by atoms with E-state index >= 15 is 0 Å². The predicted octanol–water partition coefficient (Wildman–Crippen LogP) is 2.04. The first-order valence-corrected chi connectivity index (χ1v) is 7.87. The van der Waals surface area contributed by atoms with Crippen molar-refractivity contribution in [3.8, 4) is 0 Å². The van der Waals surface area contributed by atoms with E-state index in [0.717, 1.165) is 24.8 Å². The number of halogens is 2. The van der Waals surface area contributed by atoms with Crippen LogP contribution in [0.3, 0.4) is 0 Å². The lowest BCUT2D eigenvalue weighted by atomic mass is 10.1. The Hall–Kier alpha value is -2.57. The first kappa shape index (κ1) is 16.3. The van der Waals surface area contributed by atoms with Crippen LogP contribution in [-0.4, -0.2) is 47.0 Å². The van der Waals surface area contributed by atoms with Crippen molar-refractivity contribution >= 4 is 11.7 Å². The van der Waals surface area contributed by atoms with Crippen molar-refractivity contribution in [2.75, 3.05) is 31.1 Å². The molecule has 1 aromatic carbocycles. The number of aromatic nitrogens is 2. The molecule has 7 heteroatoms. The van der Waals surface area contributed by atoms with E-state index < -0.39 is 11.6 Å². The first-order chi connectivity index (χ1) is 11.6. The molecule has 126 valence electrons. The van der Waals surface area contributed by atoms with E-state index in [0.29, 0.717) is 19.6 Å².